The van der Waals surface area contributed by atoms with Crippen LogP contribution in [0.1, 0.15) is 29.5 Å². The molecule has 0 bridgehead atoms. The molecule has 0 aliphatic heterocycles. The Morgan fingerprint density at radius 2 is 1.64 bits per heavy atom. The lowest BCUT2D eigenvalue weighted by atomic mass is 10.0. The number of carbonyl (C=O) groups excluding carboxylic acids is 2. The molecule has 116 valence electrons. The van der Waals surface area contributed by atoms with Gasteiger partial charge in [0.15, 0.2) is 5.13 Å². The molecule has 2 aromatic rings. The van der Waals surface area contributed by atoms with E-state index >= 15 is 0 Å². The van der Waals surface area contributed by atoms with Gasteiger partial charge < -0.3 is 10.6 Å². The Kier molecular flexibility index (Phi) is 5.27. The van der Waals surface area contributed by atoms with Crippen LogP contribution >= 0.6 is 11.3 Å². The molecule has 2 rings (SSSR count). The fourth-order valence-corrected chi connectivity index (χ4v) is 2.82. The van der Waals surface area contributed by atoms with Gasteiger partial charge in [-0.3, -0.25) is 9.59 Å². The number of aryl methyl sites for hydroxylation is 3. The summed E-state index contributed by atoms with van der Waals surface area (Å²) in [4.78, 5) is 27.7. The molecule has 6 heteroatoms. The molecule has 2 N–H and O–H groups in total. The highest BCUT2D eigenvalue weighted by Crippen LogP contribution is 2.22. The first-order chi connectivity index (χ1) is 10.5. The van der Waals surface area contributed by atoms with Crippen molar-refractivity contribution in [3.05, 3.63) is 40.4 Å². The van der Waals surface area contributed by atoms with Gasteiger partial charge in [-0.1, -0.05) is 17.7 Å². The van der Waals surface area contributed by atoms with Crippen molar-refractivity contribution in [2.24, 2.45) is 0 Å². The predicted octanol–water partition coefficient (Wildman–Crippen LogP) is 3.43. The molecule has 0 aliphatic carbocycles. The second-order valence-corrected chi connectivity index (χ2v) is 6.10. The minimum atomic E-state index is -0.206. The van der Waals surface area contributed by atoms with Crippen LogP contribution in [0, 0.1) is 20.8 Å². The lowest BCUT2D eigenvalue weighted by Gasteiger charge is -2.12. The van der Waals surface area contributed by atoms with Crippen LogP contribution in [0.25, 0.3) is 0 Å². The molecule has 0 unspecified atom stereocenters. The molecule has 22 heavy (non-hydrogen) atoms. The van der Waals surface area contributed by atoms with Gasteiger partial charge >= 0.3 is 0 Å². The van der Waals surface area contributed by atoms with Crippen LogP contribution in [0.15, 0.2) is 23.7 Å². The summed E-state index contributed by atoms with van der Waals surface area (Å²) < 4.78 is 0. The molecule has 0 spiro atoms. The molecule has 0 atom stereocenters. The number of hydrogen-bond acceptors (Lipinski definition) is 4. The van der Waals surface area contributed by atoms with E-state index in [1.165, 1.54) is 11.3 Å². The summed E-state index contributed by atoms with van der Waals surface area (Å²) in [5.74, 6) is -0.369. The average Bonchev–Trinajstić information content (AvgIpc) is 2.93. The van der Waals surface area contributed by atoms with Gasteiger partial charge in [-0.2, -0.15) is 0 Å². The van der Waals surface area contributed by atoms with E-state index in [4.69, 9.17) is 0 Å². The van der Waals surface area contributed by atoms with Crippen molar-refractivity contribution < 1.29 is 9.59 Å². The SMILES string of the molecule is Cc1cc(C)c(NC(=O)CCC(=O)Nc2nccs2)c(C)c1. The molecular formula is C16H19N3O2S. The van der Waals surface area contributed by atoms with E-state index in [2.05, 4.69) is 15.6 Å². The number of nitrogens with one attached hydrogen (secondary N) is 2. The van der Waals surface area contributed by atoms with E-state index in [0.717, 1.165) is 22.4 Å². The van der Waals surface area contributed by atoms with Crippen molar-refractivity contribution in [1.29, 1.82) is 0 Å². The third kappa shape index (κ3) is 4.39. The van der Waals surface area contributed by atoms with Crippen LogP contribution in [0.3, 0.4) is 0 Å². The standard InChI is InChI=1S/C16H19N3O2S/c1-10-8-11(2)15(12(3)9-10)18-13(20)4-5-14(21)19-16-17-6-7-22-16/h6-9H,4-5H2,1-3H3,(H,18,20)(H,17,19,21). The third-order valence-corrected chi connectivity index (χ3v) is 3.89. The van der Waals surface area contributed by atoms with Crippen molar-refractivity contribution >= 4 is 34.0 Å². The van der Waals surface area contributed by atoms with E-state index in [0.29, 0.717) is 5.13 Å². The van der Waals surface area contributed by atoms with Crippen molar-refractivity contribution in [3.8, 4) is 0 Å². The van der Waals surface area contributed by atoms with Gasteiger partial charge in [-0.25, -0.2) is 4.98 Å². The highest BCUT2D eigenvalue weighted by atomic mass is 32.1. The highest BCUT2D eigenvalue weighted by Gasteiger charge is 2.11. The maximum Gasteiger partial charge on any atom is 0.226 e. The molecule has 0 radical (unpaired) electrons. The van der Waals surface area contributed by atoms with E-state index in [9.17, 15) is 9.59 Å². The fraction of sp³-hybridized carbons (Fsp3) is 0.312. The number of amides is 2. The summed E-state index contributed by atoms with van der Waals surface area (Å²) in [7, 11) is 0. The zero-order valence-corrected chi connectivity index (χ0v) is 13.7. The van der Waals surface area contributed by atoms with E-state index in [-0.39, 0.29) is 24.7 Å². The van der Waals surface area contributed by atoms with Crippen LogP contribution in [-0.4, -0.2) is 16.8 Å². The molecule has 1 aromatic carbocycles. The van der Waals surface area contributed by atoms with Crippen LogP contribution < -0.4 is 10.6 Å². The van der Waals surface area contributed by atoms with E-state index < -0.39 is 0 Å². The first kappa shape index (κ1) is 16.2. The van der Waals surface area contributed by atoms with Crippen molar-refractivity contribution in [1.82, 2.24) is 4.98 Å². The molecule has 0 saturated carbocycles. The maximum atomic E-state index is 12.0. The fourth-order valence-electron chi connectivity index (χ4n) is 2.27. The first-order valence-corrected chi connectivity index (χ1v) is 7.90. The molecule has 1 aromatic heterocycles. The Labute approximate surface area is 133 Å². The molecular weight excluding hydrogens is 298 g/mol. The summed E-state index contributed by atoms with van der Waals surface area (Å²) >= 11 is 1.35. The quantitative estimate of drug-likeness (QED) is 0.887. The van der Waals surface area contributed by atoms with Crippen molar-refractivity contribution in [2.45, 2.75) is 33.6 Å². The minimum absolute atomic E-state index is 0.134. The second-order valence-electron chi connectivity index (χ2n) is 5.21. The van der Waals surface area contributed by atoms with Crippen LogP contribution in [0.5, 0.6) is 0 Å². The Morgan fingerprint density at radius 3 is 2.18 bits per heavy atom. The number of aromatic nitrogens is 1. The second kappa shape index (κ2) is 7.17. The summed E-state index contributed by atoms with van der Waals surface area (Å²) in [5, 5.41) is 7.88. The molecule has 5 nitrogen and oxygen atoms in total. The lowest BCUT2D eigenvalue weighted by Crippen LogP contribution is -2.18. The van der Waals surface area contributed by atoms with E-state index in [1.807, 2.05) is 32.9 Å². The number of hydrogen-bond donors (Lipinski definition) is 2. The van der Waals surface area contributed by atoms with Crippen LogP contribution in [0.4, 0.5) is 10.8 Å². The van der Waals surface area contributed by atoms with Crippen LogP contribution in [0.2, 0.25) is 0 Å². The Morgan fingerprint density at radius 1 is 1.05 bits per heavy atom. The molecule has 1 heterocycles. The zero-order chi connectivity index (χ0) is 16.1. The largest absolute Gasteiger partial charge is 0.326 e. The summed E-state index contributed by atoms with van der Waals surface area (Å²) in [6, 6.07) is 4.05. The number of benzene rings is 1. The Hall–Kier alpha value is -2.21. The maximum absolute atomic E-state index is 12.0. The molecule has 0 saturated heterocycles. The number of anilines is 2. The van der Waals surface area contributed by atoms with E-state index in [1.54, 1.807) is 11.6 Å². The van der Waals surface area contributed by atoms with Gasteiger partial charge in [0, 0.05) is 30.1 Å². The summed E-state index contributed by atoms with van der Waals surface area (Å²) in [6.07, 6.45) is 1.90. The Balaban J connectivity index is 1.87. The van der Waals surface area contributed by atoms with Crippen molar-refractivity contribution in [3.63, 3.8) is 0 Å². The predicted molar refractivity (Wildman–Crippen MR) is 89.3 cm³/mol. The Bertz CT molecular complexity index is 658. The highest BCUT2D eigenvalue weighted by molar-refractivity contribution is 7.13. The van der Waals surface area contributed by atoms with Gasteiger partial charge in [-0.05, 0) is 31.9 Å². The monoisotopic (exact) mass is 317 g/mol. The number of carbonyl (C=O) groups is 2. The first-order valence-electron chi connectivity index (χ1n) is 7.03. The average molecular weight is 317 g/mol. The van der Waals surface area contributed by atoms with Crippen LogP contribution in [-0.2, 0) is 9.59 Å². The molecule has 0 aliphatic rings. The number of nitrogens with zero attached hydrogens (tertiary/aromatic N) is 1. The zero-order valence-electron chi connectivity index (χ0n) is 12.9. The van der Waals surface area contributed by atoms with Gasteiger partial charge in [0.05, 0.1) is 0 Å². The van der Waals surface area contributed by atoms with Gasteiger partial charge in [0.25, 0.3) is 0 Å². The third-order valence-electron chi connectivity index (χ3n) is 3.20. The number of thiazole rings is 1. The summed E-state index contributed by atoms with van der Waals surface area (Å²) in [5.41, 5.74) is 4.04. The minimum Gasteiger partial charge on any atom is -0.326 e. The smallest absolute Gasteiger partial charge is 0.226 e. The molecule has 0 fully saturated rings. The molecule has 2 amide bonds. The van der Waals surface area contributed by atoms with Gasteiger partial charge in [0.1, 0.15) is 0 Å². The van der Waals surface area contributed by atoms with Gasteiger partial charge in [-0.15, -0.1) is 11.3 Å². The van der Waals surface area contributed by atoms with Crippen molar-refractivity contribution in [2.75, 3.05) is 10.6 Å². The number of rotatable bonds is 5. The van der Waals surface area contributed by atoms with Gasteiger partial charge in [0.2, 0.25) is 11.8 Å². The normalized spacial score (nSPS) is 10.3. The topological polar surface area (TPSA) is 71.1 Å². The summed E-state index contributed by atoms with van der Waals surface area (Å²) in [6.45, 7) is 5.95. The lowest BCUT2D eigenvalue weighted by molar-refractivity contribution is -0.121.